The summed E-state index contributed by atoms with van der Waals surface area (Å²) in [7, 11) is 0. The maximum absolute atomic E-state index is 12.3. The summed E-state index contributed by atoms with van der Waals surface area (Å²) >= 11 is 0. The number of aliphatic carboxylic acids is 1. The molecule has 1 unspecified atom stereocenters. The first-order chi connectivity index (χ1) is 12.9. The highest BCUT2D eigenvalue weighted by Crippen LogP contribution is 2.29. The standard InChI is InChI=1S/C20H23N3O4/c1-20(18(25)26)9-11-23(14-20)19(27)21-12-15-5-7-16(8-6-15)13-22-10-3-2-4-17(22)24/h2-8,10H,9,11-14H2,1H3,(H,21,27)(H,25,26). The Bertz CT molecular complexity index is 891. The number of carboxylic acid groups (broad SMARTS) is 1. The van der Waals surface area contributed by atoms with Crippen molar-refractivity contribution in [1.82, 2.24) is 14.8 Å². The van der Waals surface area contributed by atoms with E-state index in [-0.39, 0.29) is 18.1 Å². The van der Waals surface area contributed by atoms with Crippen molar-refractivity contribution in [2.45, 2.75) is 26.4 Å². The molecule has 0 radical (unpaired) electrons. The predicted octanol–water partition coefficient (Wildman–Crippen LogP) is 1.90. The van der Waals surface area contributed by atoms with Crippen LogP contribution < -0.4 is 10.9 Å². The number of hydrogen-bond acceptors (Lipinski definition) is 3. The van der Waals surface area contributed by atoms with Crippen LogP contribution in [0.4, 0.5) is 4.79 Å². The van der Waals surface area contributed by atoms with Crippen LogP contribution in [-0.4, -0.2) is 39.7 Å². The number of nitrogens with one attached hydrogen (secondary N) is 1. The van der Waals surface area contributed by atoms with Crippen molar-refractivity contribution in [2.24, 2.45) is 5.41 Å². The van der Waals surface area contributed by atoms with Crippen LogP contribution in [0.5, 0.6) is 0 Å². The minimum atomic E-state index is -0.870. The monoisotopic (exact) mass is 369 g/mol. The van der Waals surface area contributed by atoms with Gasteiger partial charge in [0.1, 0.15) is 0 Å². The molecule has 1 atom stereocenters. The third-order valence-corrected chi connectivity index (χ3v) is 5.00. The number of urea groups is 1. The summed E-state index contributed by atoms with van der Waals surface area (Å²) < 4.78 is 1.63. The molecular weight excluding hydrogens is 346 g/mol. The number of carboxylic acids is 1. The lowest BCUT2D eigenvalue weighted by Crippen LogP contribution is -2.40. The molecule has 1 aromatic carbocycles. The van der Waals surface area contributed by atoms with Crippen LogP contribution in [0, 0.1) is 5.41 Å². The lowest BCUT2D eigenvalue weighted by molar-refractivity contribution is -0.147. The fourth-order valence-electron chi connectivity index (χ4n) is 3.15. The van der Waals surface area contributed by atoms with Crippen LogP contribution in [-0.2, 0) is 17.9 Å². The number of likely N-dealkylation sites (tertiary alicyclic amines) is 1. The number of carbonyl (C=O) groups excluding carboxylic acids is 1. The van der Waals surface area contributed by atoms with Gasteiger partial charge < -0.3 is 19.9 Å². The molecule has 1 saturated heterocycles. The summed E-state index contributed by atoms with van der Waals surface area (Å²) in [5.41, 5.74) is 1.02. The quantitative estimate of drug-likeness (QED) is 0.842. The van der Waals surface area contributed by atoms with Gasteiger partial charge in [0.05, 0.1) is 12.0 Å². The van der Waals surface area contributed by atoms with Gasteiger partial charge in [-0.2, -0.15) is 0 Å². The number of hydrogen-bond donors (Lipinski definition) is 2. The lowest BCUT2D eigenvalue weighted by atomic mass is 9.90. The van der Waals surface area contributed by atoms with Crippen molar-refractivity contribution in [3.8, 4) is 0 Å². The second-order valence-corrected chi connectivity index (χ2v) is 7.18. The van der Waals surface area contributed by atoms with Gasteiger partial charge in [0.2, 0.25) is 0 Å². The Balaban J connectivity index is 1.53. The molecule has 2 amide bonds. The molecule has 142 valence electrons. The zero-order valence-electron chi connectivity index (χ0n) is 15.2. The number of aromatic nitrogens is 1. The van der Waals surface area contributed by atoms with Gasteiger partial charge in [-0.15, -0.1) is 0 Å². The minimum absolute atomic E-state index is 0.0483. The number of rotatable bonds is 5. The summed E-state index contributed by atoms with van der Waals surface area (Å²) in [5, 5.41) is 12.1. The van der Waals surface area contributed by atoms with Gasteiger partial charge >= 0.3 is 12.0 Å². The zero-order valence-corrected chi connectivity index (χ0v) is 15.2. The second-order valence-electron chi connectivity index (χ2n) is 7.18. The summed E-state index contributed by atoms with van der Waals surface area (Å²) in [6, 6.07) is 12.5. The fourth-order valence-corrected chi connectivity index (χ4v) is 3.15. The Morgan fingerprint density at radius 2 is 1.85 bits per heavy atom. The van der Waals surface area contributed by atoms with Crippen molar-refractivity contribution in [2.75, 3.05) is 13.1 Å². The van der Waals surface area contributed by atoms with Crippen molar-refractivity contribution in [3.63, 3.8) is 0 Å². The van der Waals surface area contributed by atoms with E-state index >= 15 is 0 Å². The Labute approximate surface area is 157 Å². The highest BCUT2D eigenvalue weighted by molar-refractivity contribution is 5.79. The van der Waals surface area contributed by atoms with Crippen LogP contribution in [0.1, 0.15) is 24.5 Å². The highest BCUT2D eigenvalue weighted by atomic mass is 16.4. The highest BCUT2D eigenvalue weighted by Gasteiger charge is 2.42. The van der Waals surface area contributed by atoms with Gasteiger partial charge in [-0.1, -0.05) is 30.3 Å². The Morgan fingerprint density at radius 1 is 1.15 bits per heavy atom. The van der Waals surface area contributed by atoms with Crippen LogP contribution in [0.2, 0.25) is 0 Å². The first kappa shape index (κ1) is 18.7. The topological polar surface area (TPSA) is 91.6 Å². The molecule has 2 aromatic rings. The van der Waals surface area contributed by atoms with E-state index in [9.17, 15) is 19.5 Å². The molecule has 0 spiro atoms. The minimum Gasteiger partial charge on any atom is -0.481 e. The Morgan fingerprint density at radius 3 is 2.48 bits per heavy atom. The molecule has 27 heavy (non-hydrogen) atoms. The zero-order chi connectivity index (χ0) is 19.4. The number of benzene rings is 1. The van der Waals surface area contributed by atoms with E-state index in [4.69, 9.17) is 0 Å². The molecule has 0 bridgehead atoms. The van der Waals surface area contributed by atoms with E-state index in [0.717, 1.165) is 11.1 Å². The fraction of sp³-hybridized carbons (Fsp3) is 0.350. The molecule has 0 aliphatic carbocycles. The molecule has 7 nitrogen and oxygen atoms in total. The van der Waals surface area contributed by atoms with E-state index in [0.29, 0.717) is 26.1 Å². The average molecular weight is 369 g/mol. The van der Waals surface area contributed by atoms with Crippen molar-refractivity contribution in [1.29, 1.82) is 0 Å². The van der Waals surface area contributed by atoms with Gasteiger partial charge in [0, 0.05) is 31.9 Å². The van der Waals surface area contributed by atoms with Gasteiger partial charge in [-0.05, 0) is 30.5 Å². The van der Waals surface area contributed by atoms with Gasteiger partial charge in [0.15, 0.2) is 0 Å². The van der Waals surface area contributed by atoms with E-state index < -0.39 is 11.4 Å². The van der Waals surface area contributed by atoms with Crippen molar-refractivity contribution in [3.05, 3.63) is 70.1 Å². The molecule has 7 heteroatoms. The van der Waals surface area contributed by atoms with Crippen LogP contribution in [0.25, 0.3) is 0 Å². The Kier molecular flexibility index (Phi) is 5.30. The second kappa shape index (κ2) is 7.65. The average Bonchev–Trinajstić information content (AvgIpc) is 3.07. The van der Waals surface area contributed by atoms with E-state index in [2.05, 4.69) is 5.32 Å². The SMILES string of the molecule is CC1(C(=O)O)CCN(C(=O)NCc2ccc(Cn3ccccc3=O)cc2)C1. The van der Waals surface area contributed by atoms with Crippen molar-refractivity contribution >= 4 is 12.0 Å². The lowest BCUT2D eigenvalue weighted by Gasteiger charge is -2.20. The molecule has 1 aromatic heterocycles. The summed E-state index contributed by atoms with van der Waals surface area (Å²) in [6.07, 6.45) is 2.21. The van der Waals surface area contributed by atoms with Gasteiger partial charge in [-0.3, -0.25) is 9.59 Å². The molecule has 1 fully saturated rings. The van der Waals surface area contributed by atoms with E-state index in [1.165, 1.54) is 6.07 Å². The molecule has 0 saturated carbocycles. The smallest absolute Gasteiger partial charge is 0.317 e. The van der Waals surface area contributed by atoms with Crippen LogP contribution in [0.15, 0.2) is 53.5 Å². The number of nitrogens with zero attached hydrogens (tertiary/aromatic N) is 2. The van der Waals surface area contributed by atoms with Crippen molar-refractivity contribution < 1.29 is 14.7 Å². The maximum Gasteiger partial charge on any atom is 0.317 e. The van der Waals surface area contributed by atoms with E-state index in [1.807, 2.05) is 30.3 Å². The summed E-state index contributed by atoms with van der Waals surface area (Å²) in [5.74, 6) is -0.870. The first-order valence-corrected chi connectivity index (χ1v) is 8.87. The molecule has 2 N–H and O–H groups in total. The van der Waals surface area contributed by atoms with Gasteiger partial charge in [-0.25, -0.2) is 4.79 Å². The van der Waals surface area contributed by atoms with E-state index in [1.54, 1.807) is 28.7 Å². The summed E-state index contributed by atoms with van der Waals surface area (Å²) in [6.45, 7) is 3.19. The number of carbonyl (C=O) groups is 2. The normalized spacial score (nSPS) is 19.1. The molecule has 1 aliphatic rings. The Hall–Kier alpha value is -3.09. The molecule has 2 heterocycles. The largest absolute Gasteiger partial charge is 0.481 e. The molecular formula is C20H23N3O4. The predicted molar refractivity (Wildman–Crippen MR) is 100 cm³/mol. The van der Waals surface area contributed by atoms with Crippen LogP contribution in [0.3, 0.4) is 0 Å². The molecule has 1 aliphatic heterocycles. The molecule has 3 rings (SSSR count). The number of pyridine rings is 1. The van der Waals surface area contributed by atoms with Crippen LogP contribution >= 0.6 is 0 Å². The summed E-state index contributed by atoms with van der Waals surface area (Å²) in [4.78, 5) is 36.8. The third kappa shape index (κ3) is 4.36. The van der Waals surface area contributed by atoms with Gasteiger partial charge in [0.25, 0.3) is 5.56 Å². The number of amides is 2. The maximum atomic E-state index is 12.3. The first-order valence-electron chi connectivity index (χ1n) is 8.87. The third-order valence-electron chi connectivity index (χ3n) is 5.00.